The van der Waals surface area contributed by atoms with Gasteiger partial charge >= 0.3 is 0 Å². The Hall–Kier alpha value is -3.17. The largest absolute Gasteiger partial charge is 0.291 e. The van der Waals surface area contributed by atoms with Crippen LogP contribution in [-0.2, 0) is 20.0 Å². The van der Waals surface area contributed by atoms with E-state index in [4.69, 9.17) is 0 Å². The highest BCUT2D eigenvalue weighted by molar-refractivity contribution is 8.11. The van der Waals surface area contributed by atoms with Gasteiger partial charge in [0.15, 0.2) is 5.78 Å². The smallest absolute Gasteiger partial charge is 0.262 e. The Bertz CT molecular complexity index is 1190. The SMILES string of the molecule is Cc1ccc(NS(=O)(=O)C(C(=O)c2ccccc2)S(=O)(=O)Nc2ccc(C)cc2)cc1. The second-order valence-electron chi connectivity index (χ2n) is 7.09. The Morgan fingerprint density at radius 1 is 0.645 bits per heavy atom. The number of aryl methyl sites for hydroxylation is 2. The molecule has 0 heterocycles. The van der Waals surface area contributed by atoms with Crippen molar-refractivity contribution in [3.63, 3.8) is 0 Å². The number of ketones is 1. The molecule has 162 valence electrons. The minimum absolute atomic E-state index is 0.0314. The quantitative estimate of drug-likeness (QED) is 0.500. The standard InChI is InChI=1S/C22H22N2O5S2/c1-16-8-12-19(13-9-16)23-30(26,27)22(21(25)18-6-4-3-5-7-18)31(28,29)24-20-14-10-17(2)11-15-20/h3-15,22-24H,1-2H3. The summed E-state index contributed by atoms with van der Waals surface area (Å²) in [5.41, 5.74) is 2.07. The van der Waals surface area contributed by atoms with Crippen LogP contribution in [0.3, 0.4) is 0 Å². The van der Waals surface area contributed by atoms with Gasteiger partial charge in [0.05, 0.1) is 0 Å². The maximum Gasteiger partial charge on any atom is 0.262 e. The van der Waals surface area contributed by atoms with Crippen molar-refractivity contribution >= 4 is 37.2 Å². The first-order valence-electron chi connectivity index (χ1n) is 9.34. The van der Waals surface area contributed by atoms with E-state index in [1.54, 1.807) is 30.3 Å². The van der Waals surface area contributed by atoms with Gasteiger partial charge in [0.1, 0.15) is 0 Å². The zero-order valence-corrected chi connectivity index (χ0v) is 18.6. The van der Waals surface area contributed by atoms with E-state index in [1.807, 2.05) is 13.8 Å². The molecule has 9 heteroatoms. The molecular formula is C22H22N2O5S2. The predicted octanol–water partition coefficient (Wildman–Crippen LogP) is 3.70. The number of anilines is 2. The number of carbonyl (C=O) groups excluding carboxylic acids is 1. The van der Waals surface area contributed by atoms with Gasteiger partial charge in [0, 0.05) is 16.9 Å². The first kappa shape index (κ1) is 22.5. The Labute approximate surface area is 182 Å². The van der Waals surface area contributed by atoms with Crippen molar-refractivity contribution in [3.05, 3.63) is 95.6 Å². The topological polar surface area (TPSA) is 109 Å². The third kappa shape index (κ3) is 5.50. The third-order valence-electron chi connectivity index (χ3n) is 4.46. The van der Waals surface area contributed by atoms with Crippen molar-refractivity contribution < 1.29 is 21.6 Å². The molecule has 3 aromatic carbocycles. The van der Waals surface area contributed by atoms with Gasteiger partial charge in [0.25, 0.3) is 24.6 Å². The van der Waals surface area contributed by atoms with E-state index < -0.39 is 30.4 Å². The summed E-state index contributed by atoms with van der Waals surface area (Å²) in [4.78, 5) is 13.1. The molecule has 0 fully saturated rings. The van der Waals surface area contributed by atoms with E-state index in [0.29, 0.717) is 0 Å². The minimum atomic E-state index is -4.67. The molecule has 0 saturated heterocycles. The van der Waals surface area contributed by atoms with E-state index in [0.717, 1.165) is 11.1 Å². The Kier molecular flexibility index (Phi) is 6.47. The number of hydrogen-bond donors (Lipinski definition) is 2. The number of rotatable bonds is 8. The molecule has 0 saturated carbocycles. The van der Waals surface area contributed by atoms with Crippen LogP contribution in [0.1, 0.15) is 21.5 Å². The average molecular weight is 459 g/mol. The maximum atomic E-state index is 13.1. The molecule has 31 heavy (non-hydrogen) atoms. The third-order valence-corrected chi connectivity index (χ3v) is 8.58. The van der Waals surface area contributed by atoms with Crippen LogP contribution in [0.2, 0.25) is 0 Å². The maximum absolute atomic E-state index is 13.1. The molecule has 0 aromatic heterocycles. The molecule has 0 unspecified atom stereocenters. The Morgan fingerprint density at radius 3 is 1.42 bits per heavy atom. The number of carbonyl (C=O) groups is 1. The number of nitrogens with one attached hydrogen (secondary N) is 2. The molecule has 0 aliphatic rings. The number of benzene rings is 3. The van der Waals surface area contributed by atoms with E-state index in [9.17, 15) is 21.6 Å². The van der Waals surface area contributed by atoms with Crippen LogP contribution < -0.4 is 9.44 Å². The lowest BCUT2D eigenvalue weighted by molar-refractivity contribution is 0.101. The van der Waals surface area contributed by atoms with Crippen LogP contribution in [0.15, 0.2) is 78.9 Å². The molecule has 0 aliphatic carbocycles. The predicted molar refractivity (Wildman–Crippen MR) is 122 cm³/mol. The normalized spacial score (nSPS) is 11.8. The van der Waals surface area contributed by atoms with Crippen molar-refractivity contribution in [1.29, 1.82) is 0 Å². The number of sulfonamides is 2. The Morgan fingerprint density at radius 2 is 1.03 bits per heavy atom. The van der Waals surface area contributed by atoms with Gasteiger partial charge in [0.2, 0.25) is 0 Å². The monoisotopic (exact) mass is 458 g/mol. The fraction of sp³-hybridized carbons (Fsp3) is 0.136. The van der Waals surface area contributed by atoms with E-state index >= 15 is 0 Å². The van der Waals surface area contributed by atoms with E-state index in [2.05, 4.69) is 9.44 Å². The van der Waals surface area contributed by atoms with Crippen LogP contribution in [0.25, 0.3) is 0 Å². The first-order chi connectivity index (χ1) is 14.6. The highest BCUT2D eigenvalue weighted by atomic mass is 32.3. The fourth-order valence-corrected chi connectivity index (χ4v) is 6.47. The van der Waals surface area contributed by atoms with Gasteiger partial charge in [-0.05, 0) is 38.1 Å². The highest BCUT2D eigenvalue weighted by Crippen LogP contribution is 2.22. The lowest BCUT2D eigenvalue weighted by atomic mass is 10.1. The van der Waals surface area contributed by atoms with Crippen molar-refractivity contribution in [1.82, 2.24) is 0 Å². The summed E-state index contributed by atoms with van der Waals surface area (Å²) in [6.07, 6.45) is 0. The van der Waals surface area contributed by atoms with Crippen molar-refractivity contribution in [2.45, 2.75) is 18.4 Å². The van der Waals surface area contributed by atoms with Gasteiger partial charge in [-0.15, -0.1) is 0 Å². The van der Waals surface area contributed by atoms with Gasteiger partial charge in [-0.25, -0.2) is 16.8 Å². The van der Waals surface area contributed by atoms with Gasteiger partial charge in [-0.1, -0.05) is 65.7 Å². The summed E-state index contributed by atoms with van der Waals surface area (Å²) < 4.78 is 54.6. The van der Waals surface area contributed by atoms with Crippen molar-refractivity contribution in [3.8, 4) is 0 Å². The lowest BCUT2D eigenvalue weighted by Crippen LogP contribution is -2.44. The molecular weight excluding hydrogens is 436 g/mol. The van der Waals surface area contributed by atoms with Gasteiger partial charge < -0.3 is 0 Å². The Balaban J connectivity index is 2.04. The fourth-order valence-electron chi connectivity index (χ4n) is 2.87. The molecule has 3 rings (SSSR count). The van der Waals surface area contributed by atoms with E-state index in [1.165, 1.54) is 48.5 Å². The highest BCUT2D eigenvalue weighted by Gasteiger charge is 2.44. The molecule has 0 aliphatic heterocycles. The summed E-state index contributed by atoms with van der Waals surface area (Å²) in [6, 6.07) is 20.1. The average Bonchev–Trinajstić information content (AvgIpc) is 2.71. The molecule has 0 spiro atoms. The summed E-state index contributed by atoms with van der Waals surface area (Å²) in [5, 5.41) is 0. The molecule has 3 aromatic rings. The second-order valence-corrected chi connectivity index (χ2v) is 10.9. The lowest BCUT2D eigenvalue weighted by Gasteiger charge is -2.19. The van der Waals surface area contributed by atoms with E-state index in [-0.39, 0.29) is 16.9 Å². The summed E-state index contributed by atoms with van der Waals surface area (Å²) in [6.45, 7) is 3.66. The van der Waals surface area contributed by atoms with Crippen molar-refractivity contribution in [2.24, 2.45) is 0 Å². The van der Waals surface area contributed by atoms with Crippen LogP contribution in [0.5, 0.6) is 0 Å². The molecule has 0 bridgehead atoms. The molecule has 7 nitrogen and oxygen atoms in total. The zero-order chi connectivity index (χ0) is 22.6. The molecule has 0 amide bonds. The second kappa shape index (κ2) is 8.91. The minimum Gasteiger partial charge on any atom is -0.291 e. The van der Waals surface area contributed by atoms with Gasteiger partial charge in [-0.2, -0.15) is 0 Å². The molecule has 0 atom stereocenters. The van der Waals surface area contributed by atoms with Crippen LogP contribution in [-0.4, -0.2) is 27.2 Å². The van der Waals surface area contributed by atoms with Crippen LogP contribution >= 0.6 is 0 Å². The molecule has 0 radical (unpaired) electrons. The molecule has 2 N–H and O–H groups in total. The number of Topliss-reactive ketones (excluding diaryl/α,β-unsaturated/α-hetero) is 1. The summed E-state index contributed by atoms with van der Waals surface area (Å²) in [5.74, 6) is -1.06. The van der Waals surface area contributed by atoms with Crippen molar-refractivity contribution in [2.75, 3.05) is 9.44 Å². The van der Waals surface area contributed by atoms with Gasteiger partial charge in [-0.3, -0.25) is 14.2 Å². The van der Waals surface area contributed by atoms with Crippen LogP contribution in [0, 0.1) is 13.8 Å². The van der Waals surface area contributed by atoms with Crippen LogP contribution in [0.4, 0.5) is 11.4 Å². The number of hydrogen-bond acceptors (Lipinski definition) is 5. The first-order valence-corrected chi connectivity index (χ1v) is 12.4. The summed E-state index contributed by atoms with van der Waals surface area (Å²) in [7, 11) is -9.34. The zero-order valence-electron chi connectivity index (χ0n) is 16.9. The summed E-state index contributed by atoms with van der Waals surface area (Å²) >= 11 is 0.